The van der Waals surface area contributed by atoms with Crippen LogP contribution in [-0.2, 0) is 4.79 Å². The smallest absolute Gasteiger partial charge is 0.308 e. The van der Waals surface area contributed by atoms with Crippen LogP contribution in [0.5, 0.6) is 0 Å². The maximum Gasteiger partial charge on any atom is 0.308 e. The van der Waals surface area contributed by atoms with Crippen LogP contribution in [0, 0.1) is 18.7 Å². The van der Waals surface area contributed by atoms with Gasteiger partial charge in [-0.3, -0.25) is 9.59 Å². The number of halogens is 1. The van der Waals surface area contributed by atoms with Gasteiger partial charge in [-0.15, -0.1) is 11.3 Å². The van der Waals surface area contributed by atoms with Crippen LogP contribution >= 0.6 is 11.3 Å². The van der Waals surface area contributed by atoms with E-state index in [0.29, 0.717) is 28.5 Å². The summed E-state index contributed by atoms with van der Waals surface area (Å²) in [7, 11) is 0. The summed E-state index contributed by atoms with van der Waals surface area (Å²) in [5.74, 6) is -1.87. The number of aromatic nitrogens is 1. The summed E-state index contributed by atoms with van der Waals surface area (Å²) in [5.41, 5.74) is 1.36. The molecule has 1 aliphatic heterocycles. The molecule has 0 radical (unpaired) electrons. The van der Waals surface area contributed by atoms with Crippen LogP contribution in [0.2, 0.25) is 0 Å². The zero-order valence-corrected chi connectivity index (χ0v) is 13.3. The van der Waals surface area contributed by atoms with Crippen molar-refractivity contribution < 1.29 is 19.1 Å². The Labute approximate surface area is 136 Å². The van der Waals surface area contributed by atoms with Crippen LogP contribution in [0.15, 0.2) is 24.3 Å². The van der Waals surface area contributed by atoms with Crippen molar-refractivity contribution in [1.82, 2.24) is 9.88 Å². The molecular weight excluding hydrogens is 319 g/mol. The van der Waals surface area contributed by atoms with Gasteiger partial charge in [-0.1, -0.05) is 0 Å². The van der Waals surface area contributed by atoms with E-state index in [1.165, 1.54) is 23.5 Å². The zero-order valence-electron chi connectivity index (χ0n) is 12.5. The number of nitrogens with zero attached hydrogens (tertiary/aromatic N) is 2. The zero-order chi connectivity index (χ0) is 16.6. The second-order valence-corrected chi connectivity index (χ2v) is 6.51. The molecule has 23 heavy (non-hydrogen) atoms. The van der Waals surface area contributed by atoms with Crippen LogP contribution in [0.1, 0.15) is 21.8 Å². The van der Waals surface area contributed by atoms with Gasteiger partial charge in [0.1, 0.15) is 15.7 Å². The Balaban J connectivity index is 1.82. The monoisotopic (exact) mass is 334 g/mol. The Morgan fingerprint density at radius 2 is 2.04 bits per heavy atom. The number of aliphatic carboxylic acids is 1. The fraction of sp³-hybridized carbons (Fsp3) is 0.312. The van der Waals surface area contributed by atoms with E-state index in [4.69, 9.17) is 5.11 Å². The lowest BCUT2D eigenvalue weighted by atomic mass is 10.1. The molecular formula is C16H15FN2O3S. The maximum atomic E-state index is 13.0. The molecule has 0 spiro atoms. The van der Waals surface area contributed by atoms with Gasteiger partial charge in [0.25, 0.3) is 5.91 Å². The summed E-state index contributed by atoms with van der Waals surface area (Å²) in [5, 5.41) is 9.69. The molecule has 0 aliphatic carbocycles. The quantitative estimate of drug-likeness (QED) is 0.937. The third kappa shape index (κ3) is 3.10. The lowest BCUT2D eigenvalue weighted by Gasteiger charge is -2.14. The molecule has 1 amide bonds. The fourth-order valence-corrected chi connectivity index (χ4v) is 3.64. The van der Waals surface area contributed by atoms with Gasteiger partial charge in [-0.2, -0.15) is 0 Å². The van der Waals surface area contributed by atoms with Gasteiger partial charge in [-0.05, 0) is 37.6 Å². The number of hydrogen-bond acceptors (Lipinski definition) is 4. The second kappa shape index (κ2) is 6.08. The molecule has 7 heteroatoms. The highest BCUT2D eigenvalue weighted by molar-refractivity contribution is 7.17. The highest BCUT2D eigenvalue weighted by Crippen LogP contribution is 2.30. The van der Waals surface area contributed by atoms with Crippen molar-refractivity contribution in [3.05, 3.63) is 40.7 Å². The molecule has 0 saturated carbocycles. The molecule has 1 saturated heterocycles. The highest BCUT2D eigenvalue weighted by atomic mass is 32.1. The van der Waals surface area contributed by atoms with Crippen LogP contribution < -0.4 is 0 Å². The van der Waals surface area contributed by atoms with Crippen molar-refractivity contribution in [1.29, 1.82) is 0 Å². The SMILES string of the molecule is Cc1nc(-c2ccc(F)cc2)sc1C(=O)N1CC[C@@H](C(=O)O)C1. The van der Waals surface area contributed by atoms with Crippen LogP contribution in [0.3, 0.4) is 0 Å². The number of amides is 1. The van der Waals surface area contributed by atoms with Crippen LogP contribution in [0.4, 0.5) is 4.39 Å². The maximum absolute atomic E-state index is 13.0. The molecule has 1 aromatic carbocycles. The topological polar surface area (TPSA) is 70.5 Å². The lowest BCUT2D eigenvalue weighted by Crippen LogP contribution is -2.29. The first-order valence-electron chi connectivity index (χ1n) is 7.21. The number of thiazole rings is 1. The molecule has 0 unspecified atom stereocenters. The Kier molecular flexibility index (Phi) is 4.12. The Bertz CT molecular complexity index is 757. The summed E-state index contributed by atoms with van der Waals surface area (Å²) in [6, 6.07) is 5.95. The van der Waals surface area contributed by atoms with Crippen molar-refractivity contribution in [3.8, 4) is 10.6 Å². The van der Waals surface area contributed by atoms with E-state index in [0.717, 1.165) is 5.56 Å². The summed E-state index contributed by atoms with van der Waals surface area (Å²) in [6.07, 6.45) is 0.476. The summed E-state index contributed by atoms with van der Waals surface area (Å²) >= 11 is 1.25. The first-order valence-corrected chi connectivity index (χ1v) is 8.03. The summed E-state index contributed by atoms with van der Waals surface area (Å²) < 4.78 is 13.0. The van der Waals surface area contributed by atoms with E-state index < -0.39 is 11.9 Å². The number of carbonyl (C=O) groups excluding carboxylic acids is 1. The first-order chi connectivity index (χ1) is 11.0. The van der Waals surface area contributed by atoms with E-state index >= 15 is 0 Å². The number of aryl methyl sites for hydroxylation is 1. The van der Waals surface area contributed by atoms with Crippen molar-refractivity contribution in [2.45, 2.75) is 13.3 Å². The normalized spacial score (nSPS) is 17.5. The van der Waals surface area contributed by atoms with Crippen molar-refractivity contribution in [3.63, 3.8) is 0 Å². The van der Waals surface area contributed by atoms with E-state index in [-0.39, 0.29) is 18.3 Å². The van der Waals surface area contributed by atoms with Gasteiger partial charge in [0.05, 0.1) is 11.6 Å². The second-order valence-electron chi connectivity index (χ2n) is 5.52. The summed E-state index contributed by atoms with van der Waals surface area (Å²) in [6.45, 7) is 2.43. The van der Waals surface area contributed by atoms with E-state index in [1.807, 2.05) is 0 Å². The van der Waals surface area contributed by atoms with E-state index in [9.17, 15) is 14.0 Å². The molecule has 1 fully saturated rings. The number of carbonyl (C=O) groups is 2. The Morgan fingerprint density at radius 3 is 2.65 bits per heavy atom. The molecule has 2 aromatic rings. The lowest BCUT2D eigenvalue weighted by molar-refractivity contribution is -0.141. The average molecular weight is 334 g/mol. The molecule has 0 bridgehead atoms. The van der Waals surface area contributed by atoms with Crippen LogP contribution in [0.25, 0.3) is 10.6 Å². The molecule has 1 atom stereocenters. The minimum atomic E-state index is -0.867. The Morgan fingerprint density at radius 1 is 1.35 bits per heavy atom. The first kappa shape index (κ1) is 15.6. The predicted octanol–water partition coefficient (Wildman–Crippen LogP) is 2.80. The van der Waals surface area contributed by atoms with E-state index in [1.54, 1.807) is 24.0 Å². The standard InChI is InChI=1S/C16H15FN2O3S/c1-9-13(15(20)19-7-6-11(8-19)16(21)22)23-14(18-9)10-2-4-12(17)5-3-10/h2-5,11H,6-8H2,1H3,(H,21,22)/t11-/m1/s1. The number of hydrogen-bond donors (Lipinski definition) is 1. The molecule has 1 aromatic heterocycles. The van der Waals surface area contributed by atoms with Gasteiger partial charge in [0, 0.05) is 18.7 Å². The average Bonchev–Trinajstić information content (AvgIpc) is 3.14. The van der Waals surface area contributed by atoms with Crippen molar-refractivity contribution in [2.75, 3.05) is 13.1 Å². The minimum absolute atomic E-state index is 0.183. The molecule has 1 N–H and O–H groups in total. The van der Waals surface area contributed by atoms with Gasteiger partial charge in [0.15, 0.2) is 0 Å². The highest BCUT2D eigenvalue weighted by Gasteiger charge is 2.32. The third-order valence-electron chi connectivity index (χ3n) is 3.91. The molecule has 120 valence electrons. The molecule has 5 nitrogen and oxygen atoms in total. The fourth-order valence-electron chi connectivity index (χ4n) is 2.60. The van der Waals surface area contributed by atoms with E-state index in [2.05, 4.69) is 4.98 Å². The number of benzene rings is 1. The van der Waals surface area contributed by atoms with Crippen molar-refractivity contribution in [2.24, 2.45) is 5.92 Å². The molecule has 2 heterocycles. The number of rotatable bonds is 3. The predicted molar refractivity (Wildman–Crippen MR) is 83.9 cm³/mol. The Hall–Kier alpha value is -2.28. The number of carboxylic acids is 1. The largest absolute Gasteiger partial charge is 0.481 e. The molecule has 1 aliphatic rings. The number of likely N-dealkylation sites (tertiary alicyclic amines) is 1. The minimum Gasteiger partial charge on any atom is -0.481 e. The van der Waals surface area contributed by atoms with Crippen molar-refractivity contribution >= 4 is 23.2 Å². The van der Waals surface area contributed by atoms with Gasteiger partial charge in [-0.25, -0.2) is 9.37 Å². The van der Waals surface area contributed by atoms with Gasteiger partial charge >= 0.3 is 5.97 Å². The summed E-state index contributed by atoms with van der Waals surface area (Å²) in [4.78, 5) is 30.1. The van der Waals surface area contributed by atoms with Crippen LogP contribution in [-0.4, -0.2) is 40.0 Å². The third-order valence-corrected chi connectivity index (χ3v) is 5.10. The van der Waals surface area contributed by atoms with Gasteiger partial charge in [0.2, 0.25) is 0 Å². The number of carboxylic acid groups (broad SMARTS) is 1. The van der Waals surface area contributed by atoms with Gasteiger partial charge < -0.3 is 10.0 Å². The molecule has 3 rings (SSSR count).